The first-order chi connectivity index (χ1) is 12.5. The van der Waals surface area contributed by atoms with Gasteiger partial charge in [0.05, 0.1) is 4.75 Å². The molecule has 7 nitrogen and oxygen atoms in total. The van der Waals surface area contributed by atoms with Gasteiger partial charge in [-0.15, -0.1) is 5.10 Å². The lowest BCUT2D eigenvalue weighted by Gasteiger charge is -2.32. The third kappa shape index (κ3) is 4.96. The van der Waals surface area contributed by atoms with Gasteiger partial charge in [0, 0.05) is 31.3 Å². The standard InChI is InChI=1S/C17H28F2N4O3S/c1-16(2,3)27(24,25)20-10-11-4-6-13(7-5-11)21-15-23-22-14(26-15)12-8-17(18,19)9-12/h11-13,20H,4-10H2,1-3H3,(H,21,23)/t11-,13-. The summed E-state index contributed by atoms with van der Waals surface area (Å²) in [7, 11) is -3.32. The molecule has 2 N–H and O–H groups in total. The smallest absolute Gasteiger partial charge is 0.315 e. The van der Waals surface area contributed by atoms with Crippen molar-refractivity contribution in [1.29, 1.82) is 0 Å². The zero-order valence-electron chi connectivity index (χ0n) is 16.0. The van der Waals surface area contributed by atoms with E-state index in [0.29, 0.717) is 12.5 Å². The molecule has 2 fully saturated rings. The second-order valence-corrected chi connectivity index (χ2v) is 11.3. The zero-order valence-corrected chi connectivity index (χ0v) is 16.8. The maximum absolute atomic E-state index is 12.9. The Kier molecular flexibility index (Phi) is 5.51. The summed E-state index contributed by atoms with van der Waals surface area (Å²) in [5, 5.41) is 11.0. The summed E-state index contributed by atoms with van der Waals surface area (Å²) < 4.78 is 57.5. The number of nitrogens with zero attached hydrogens (tertiary/aromatic N) is 2. The van der Waals surface area contributed by atoms with Gasteiger partial charge in [-0.05, 0) is 52.4 Å². The van der Waals surface area contributed by atoms with Crippen LogP contribution in [0.25, 0.3) is 0 Å². The van der Waals surface area contributed by atoms with Crippen molar-refractivity contribution in [3.05, 3.63) is 5.89 Å². The number of aromatic nitrogens is 2. The van der Waals surface area contributed by atoms with E-state index in [1.54, 1.807) is 20.8 Å². The maximum Gasteiger partial charge on any atom is 0.315 e. The highest BCUT2D eigenvalue weighted by Crippen LogP contribution is 2.48. The summed E-state index contributed by atoms with van der Waals surface area (Å²) in [4.78, 5) is 0. The second kappa shape index (κ2) is 7.27. The molecule has 154 valence electrons. The average molecular weight is 406 g/mol. The summed E-state index contributed by atoms with van der Waals surface area (Å²) in [5.41, 5.74) is 0. The highest BCUT2D eigenvalue weighted by atomic mass is 32.2. The third-order valence-corrected chi connectivity index (χ3v) is 7.58. The van der Waals surface area contributed by atoms with Crippen LogP contribution in [0, 0.1) is 5.92 Å². The van der Waals surface area contributed by atoms with E-state index in [1.807, 2.05) is 0 Å². The van der Waals surface area contributed by atoms with Crippen LogP contribution in [0.4, 0.5) is 14.8 Å². The van der Waals surface area contributed by atoms with Crippen molar-refractivity contribution in [3.8, 4) is 0 Å². The fourth-order valence-corrected chi connectivity index (χ4v) is 4.31. The predicted molar refractivity (Wildman–Crippen MR) is 97.3 cm³/mol. The Balaban J connectivity index is 1.42. The molecular formula is C17H28F2N4O3S. The number of anilines is 1. The molecule has 0 amide bonds. The fraction of sp³-hybridized carbons (Fsp3) is 0.882. The monoisotopic (exact) mass is 406 g/mol. The van der Waals surface area contributed by atoms with E-state index >= 15 is 0 Å². The number of hydrogen-bond acceptors (Lipinski definition) is 6. The summed E-state index contributed by atoms with van der Waals surface area (Å²) in [5.74, 6) is -2.39. The topological polar surface area (TPSA) is 97.1 Å². The molecule has 1 aromatic rings. The molecule has 1 aromatic heterocycles. The maximum atomic E-state index is 12.9. The normalized spacial score (nSPS) is 26.6. The Morgan fingerprint density at radius 2 is 1.78 bits per heavy atom. The van der Waals surface area contributed by atoms with Gasteiger partial charge in [0.1, 0.15) is 0 Å². The molecule has 3 rings (SSSR count). The molecule has 0 aromatic carbocycles. The number of nitrogens with one attached hydrogen (secondary N) is 2. The number of halogens is 2. The molecule has 0 bridgehead atoms. The Hall–Kier alpha value is -1.29. The van der Waals surface area contributed by atoms with Crippen LogP contribution >= 0.6 is 0 Å². The van der Waals surface area contributed by atoms with Gasteiger partial charge in [0.25, 0.3) is 0 Å². The van der Waals surface area contributed by atoms with E-state index in [9.17, 15) is 17.2 Å². The number of rotatable bonds is 6. The molecule has 0 atom stereocenters. The van der Waals surface area contributed by atoms with Gasteiger partial charge in [-0.2, -0.15) is 0 Å². The van der Waals surface area contributed by atoms with Gasteiger partial charge in [-0.25, -0.2) is 21.9 Å². The van der Waals surface area contributed by atoms with Crippen molar-refractivity contribution in [2.24, 2.45) is 5.92 Å². The van der Waals surface area contributed by atoms with E-state index in [2.05, 4.69) is 20.2 Å². The van der Waals surface area contributed by atoms with Gasteiger partial charge >= 0.3 is 6.01 Å². The summed E-state index contributed by atoms with van der Waals surface area (Å²) in [6, 6.07) is 0.439. The van der Waals surface area contributed by atoms with Gasteiger partial charge in [0.2, 0.25) is 21.8 Å². The van der Waals surface area contributed by atoms with Gasteiger partial charge in [-0.1, -0.05) is 5.10 Å². The molecule has 10 heteroatoms. The van der Waals surface area contributed by atoms with Crippen molar-refractivity contribution < 1.29 is 21.6 Å². The molecule has 0 unspecified atom stereocenters. The van der Waals surface area contributed by atoms with Crippen molar-refractivity contribution >= 4 is 16.0 Å². The first-order valence-corrected chi connectivity index (χ1v) is 10.9. The van der Waals surface area contributed by atoms with Crippen LogP contribution in [0.3, 0.4) is 0 Å². The summed E-state index contributed by atoms with van der Waals surface area (Å²) >= 11 is 0. The van der Waals surface area contributed by atoms with Crippen LogP contribution < -0.4 is 10.0 Å². The van der Waals surface area contributed by atoms with E-state index in [-0.39, 0.29) is 36.7 Å². The van der Waals surface area contributed by atoms with Crippen LogP contribution in [0.2, 0.25) is 0 Å². The van der Waals surface area contributed by atoms with Crippen LogP contribution in [0.5, 0.6) is 0 Å². The van der Waals surface area contributed by atoms with Crippen molar-refractivity contribution in [3.63, 3.8) is 0 Å². The largest absolute Gasteiger partial charge is 0.408 e. The second-order valence-electron chi connectivity index (χ2n) is 8.73. The molecule has 0 saturated heterocycles. The van der Waals surface area contributed by atoms with E-state index < -0.39 is 20.7 Å². The number of sulfonamides is 1. The van der Waals surface area contributed by atoms with E-state index in [1.165, 1.54) is 0 Å². The lowest BCUT2D eigenvalue weighted by Crippen LogP contribution is -2.42. The van der Waals surface area contributed by atoms with E-state index in [4.69, 9.17) is 4.42 Å². The third-order valence-electron chi connectivity index (χ3n) is 5.42. The zero-order chi connectivity index (χ0) is 19.9. The quantitative estimate of drug-likeness (QED) is 0.753. The molecule has 0 aliphatic heterocycles. The van der Waals surface area contributed by atoms with Gasteiger partial charge < -0.3 is 9.73 Å². The Morgan fingerprint density at radius 3 is 2.33 bits per heavy atom. The highest BCUT2D eigenvalue weighted by Gasteiger charge is 2.48. The van der Waals surface area contributed by atoms with E-state index in [0.717, 1.165) is 25.7 Å². The Bertz CT molecular complexity index is 744. The van der Waals surface area contributed by atoms with Crippen molar-refractivity contribution in [2.45, 2.75) is 81.9 Å². The molecular weight excluding hydrogens is 378 g/mol. The summed E-state index contributed by atoms with van der Waals surface area (Å²) in [6.45, 7) is 5.49. The van der Waals surface area contributed by atoms with Crippen LogP contribution in [0.15, 0.2) is 4.42 Å². The number of alkyl halides is 2. The fourth-order valence-electron chi connectivity index (χ4n) is 3.42. The molecule has 2 saturated carbocycles. The minimum atomic E-state index is -3.32. The first-order valence-electron chi connectivity index (χ1n) is 9.42. The van der Waals surface area contributed by atoms with Crippen LogP contribution in [-0.2, 0) is 10.0 Å². The molecule has 0 radical (unpaired) electrons. The summed E-state index contributed by atoms with van der Waals surface area (Å²) in [6.07, 6.45) is 3.04. The average Bonchev–Trinajstić information content (AvgIpc) is 2.99. The SMILES string of the molecule is CC(C)(C)S(=O)(=O)NC[C@H]1CC[C@H](Nc2nnc(C3CC(F)(F)C3)o2)CC1. The van der Waals surface area contributed by atoms with Crippen molar-refractivity contribution in [1.82, 2.24) is 14.9 Å². The van der Waals surface area contributed by atoms with Crippen LogP contribution in [0.1, 0.15) is 71.1 Å². The minimum Gasteiger partial charge on any atom is -0.408 e. The first kappa shape index (κ1) is 20.4. The molecule has 2 aliphatic carbocycles. The van der Waals surface area contributed by atoms with Crippen LogP contribution in [-0.4, -0.2) is 41.9 Å². The van der Waals surface area contributed by atoms with Gasteiger partial charge in [0.15, 0.2) is 0 Å². The Labute approximate surface area is 158 Å². The van der Waals surface area contributed by atoms with Gasteiger partial charge in [-0.3, -0.25) is 0 Å². The van der Waals surface area contributed by atoms with Crippen molar-refractivity contribution in [2.75, 3.05) is 11.9 Å². The Morgan fingerprint density at radius 1 is 1.15 bits per heavy atom. The molecule has 0 spiro atoms. The molecule has 27 heavy (non-hydrogen) atoms. The number of hydrogen-bond donors (Lipinski definition) is 2. The minimum absolute atomic E-state index is 0.164. The molecule has 2 aliphatic rings. The lowest BCUT2D eigenvalue weighted by atomic mass is 9.81. The predicted octanol–water partition coefficient (Wildman–Crippen LogP) is 3.27. The molecule has 1 heterocycles. The lowest BCUT2D eigenvalue weighted by molar-refractivity contribution is -0.0917. The highest BCUT2D eigenvalue weighted by molar-refractivity contribution is 7.90.